The molecule has 0 radical (unpaired) electrons. The second-order valence-electron chi connectivity index (χ2n) is 8.12. The molecule has 0 bridgehead atoms. The van der Waals surface area contributed by atoms with Crippen molar-refractivity contribution < 1.29 is 28.3 Å². The van der Waals surface area contributed by atoms with E-state index >= 15 is 0 Å². The molecule has 2 aliphatic rings. The number of methoxy groups -OCH3 is 1. The number of nitrogens with one attached hydrogen (secondary N) is 1. The van der Waals surface area contributed by atoms with E-state index in [1.807, 2.05) is 4.90 Å². The van der Waals surface area contributed by atoms with Crippen LogP contribution in [0.1, 0.15) is 40.0 Å². The molecule has 2 aromatic rings. The van der Waals surface area contributed by atoms with Crippen molar-refractivity contribution in [2.24, 2.45) is 0 Å². The molecule has 2 aliphatic heterocycles. The molecular formula is C24H24FN3O5. The third-order valence-corrected chi connectivity index (χ3v) is 6.08. The number of piperidine rings is 1. The number of amides is 3. The Morgan fingerprint density at radius 1 is 0.970 bits per heavy atom. The molecule has 1 unspecified atom stereocenters. The lowest BCUT2D eigenvalue weighted by atomic mass is 10.0. The summed E-state index contributed by atoms with van der Waals surface area (Å²) in [5.41, 5.74) is 1.15. The van der Waals surface area contributed by atoms with Crippen LogP contribution in [-0.2, 0) is 14.3 Å². The highest BCUT2D eigenvalue weighted by Crippen LogP contribution is 2.28. The number of ether oxygens (including phenoxy) is 1. The summed E-state index contributed by atoms with van der Waals surface area (Å²) in [6.45, 7) is 1.13. The first kappa shape index (κ1) is 22.6. The summed E-state index contributed by atoms with van der Waals surface area (Å²) in [6.07, 6.45) is 1.36. The number of carbonyl (C=O) groups excluding carboxylic acids is 4. The van der Waals surface area contributed by atoms with Crippen LogP contribution in [0.3, 0.4) is 0 Å². The van der Waals surface area contributed by atoms with E-state index in [2.05, 4.69) is 10.1 Å². The van der Waals surface area contributed by atoms with Crippen molar-refractivity contribution in [2.75, 3.05) is 25.1 Å². The number of benzene rings is 2. The van der Waals surface area contributed by atoms with Gasteiger partial charge in [0.05, 0.1) is 30.8 Å². The first-order chi connectivity index (χ1) is 15.9. The summed E-state index contributed by atoms with van der Waals surface area (Å²) in [6, 6.07) is 10.9. The molecule has 8 nitrogen and oxygen atoms in total. The molecular weight excluding hydrogens is 429 g/mol. The maximum Gasteiger partial charge on any atom is 0.337 e. The van der Waals surface area contributed by atoms with Gasteiger partial charge in [-0.25, -0.2) is 14.1 Å². The number of halogens is 1. The molecule has 2 aromatic carbocycles. The minimum Gasteiger partial charge on any atom is -0.465 e. The molecule has 2 saturated heterocycles. The Hall–Kier alpha value is -3.59. The average molecular weight is 453 g/mol. The first-order valence-electron chi connectivity index (χ1n) is 10.7. The van der Waals surface area contributed by atoms with E-state index in [9.17, 15) is 23.6 Å². The van der Waals surface area contributed by atoms with E-state index in [1.165, 1.54) is 43.5 Å². The van der Waals surface area contributed by atoms with Gasteiger partial charge < -0.3 is 10.1 Å². The molecule has 2 fully saturated rings. The van der Waals surface area contributed by atoms with E-state index in [0.29, 0.717) is 42.7 Å². The molecule has 0 aliphatic carbocycles. The summed E-state index contributed by atoms with van der Waals surface area (Å²) in [7, 11) is 1.28. The second kappa shape index (κ2) is 9.50. The number of anilines is 1. The van der Waals surface area contributed by atoms with E-state index < -0.39 is 17.8 Å². The van der Waals surface area contributed by atoms with Gasteiger partial charge in [-0.3, -0.25) is 19.3 Å². The minimum atomic E-state index is -0.550. The number of hydrogen-bond acceptors (Lipinski definition) is 6. The molecule has 9 heteroatoms. The normalized spacial score (nSPS) is 19.6. The zero-order valence-electron chi connectivity index (χ0n) is 18.1. The van der Waals surface area contributed by atoms with Crippen molar-refractivity contribution in [3.05, 3.63) is 65.5 Å². The Labute approximate surface area is 190 Å². The van der Waals surface area contributed by atoms with E-state index in [-0.39, 0.29) is 30.2 Å². The van der Waals surface area contributed by atoms with Crippen LogP contribution in [0.25, 0.3) is 0 Å². The smallest absolute Gasteiger partial charge is 0.337 e. The van der Waals surface area contributed by atoms with Crippen LogP contribution in [0.2, 0.25) is 0 Å². The highest BCUT2D eigenvalue weighted by molar-refractivity contribution is 6.22. The van der Waals surface area contributed by atoms with Crippen LogP contribution in [0, 0.1) is 5.82 Å². The topological polar surface area (TPSA) is 96.0 Å². The standard InChI is InChI=1S/C24H24FN3O5/c1-33-24(32)16-4-8-19(9-5-16)28-21(29)14-20(23(28)31)27-12-10-18(11-13-27)26-22(30)15-2-6-17(25)7-3-15/h2-9,18,20H,10-14H2,1H3,(H,26,30). The van der Waals surface area contributed by atoms with Crippen molar-refractivity contribution in [3.8, 4) is 0 Å². The predicted molar refractivity (Wildman–Crippen MR) is 117 cm³/mol. The van der Waals surface area contributed by atoms with Crippen LogP contribution in [0.5, 0.6) is 0 Å². The molecule has 0 saturated carbocycles. The minimum absolute atomic E-state index is 0.0621. The Morgan fingerprint density at radius 2 is 1.58 bits per heavy atom. The lowest BCUT2D eigenvalue weighted by Crippen LogP contribution is -2.50. The molecule has 33 heavy (non-hydrogen) atoms. The van der Waals surface area contributed by atoms with Crippen LogP contribution in [0.4, 0.5) is 10.1 Å². The summed E-state index contributed by atoms with van der Waals surface area (Å²) >= 11 is 0. The molecule has 0 spiro atoms. The van der Waals surface area contributed by atoms with Crippen molar-refractivity contribution in [1.29, 1.82) is 0 Å². The van der Waals surface area contributed by atoms with Gasteiger partial charge in [0.25, 0.3) is 11.8 Å². The second-order valence-corrected chi connectivity index (χ2v) is 8.12. The number of likely N-dealkylation sites (tertiary alicyclic amines) is 1. The maximum absolute atomic E-state index is 13.0. The fourth-order valence-electron chi connectivity index (χ4n) is 4.26. The Kier molecular flexibility index (Phi) is 6.50. The third-order valence-electron chi connectivity index (χ3n) is 6.08. The summed E-state index contributed by atoms with van der Waals surface area (Å²) in [5.74, 6) is -1.73. The van der Waals surface area contributed by atoms with E-state index in [0.717, 1.165) is 4.90 Å². The van der Waals surface area contributed by atoms with Gasteiger partial charge in [0, 0.05) is 24.7 Å². The molecule has 3 amide bonds. The first-order valence-corrected chi connectivity index (χ1v) is 10.7. The van der Waals surface area contributed by atoms with Crippen molar-refractivity contribution in [2.45, 2.75) is 31.3 Å². The van der Waals surface area contributed by atoms with Crippen molar-refractivity contribution in [1.82, 2.24) is 10.2 Å². The van der Waals surface area contributed by atoms with Gasteiger partial charge in [-0.2, -0.15) is 0 Å². The number of esters is 1. The lowest BCUT2D eigenvalue weighted by molar-refractivity contribution is -0.123. The van der Waals surface area contributed by atoms with Crippen LogP contribution in [-0.4, -0.2) is 60.9 Å². The quantitative estimate of drug-likeness (QED) is 0.551. The number of nitrogens with zero attached hydrogens (tertiary/aromatic N) is 2. The predicted octanol–water partition coefficient (Wildman–Crippen LogP) is 2.14. The highest BCUT2D eigenvalue weighted by Gasteiger charge is 2.43. The number of imide groups is 1. The average Bonchev–Trinajstić information content (AvgIpc) is 3.13. The zero-order valence-corrected chi connectivity index (χ0v) is 18.1. The van der Waals surface area contributed by atoms with Crippen LogP contribution >= 0.6 is 0 Å². The largest absolute Gasteiger partial charge is 0.465 e. The van der Waals surface area contributed by atoms with Gasteiger partial charge in [0.2, 0.25) is 5.91 Å². The monoisotopic (exact) mass is 453 g/mol. The van der Waals surface area contributed by atoms with Crippen molar-refractivity contribution in [3.63, 3.8) is 0 Å². The summed E-state index contributed by atoms with van der Waals surface area (Å²) in [5, 5.41) is 2.95. The highest BCUT2D eigenvalue weighted by atomic mass is 19.1. The number of carbonyl (C=O) groups is 4. The molecule has 4 rings (SSSR count). The third kappa shape index (κ3) is 4.78. The SMILES string of the molecule is COC(=O)c1ccc(N2C(=O)CC(N3CCC(NC(=O)c4ccc(F)cc4)CC3)C2=O)cc1. The van der Waals surface area contributed by atoms with Gasteiger partial charge in [-0.05, 0) is 61.4 Å². The van der Waals surface area contributed by atoms with Crippen molar-refractivity contribution >= 4 is 29.4 Å². The van der Waals surface area contributed by atoms with Crippen LogP contribution < -0.4 is 10.2 Å². The Morgan fingerprint density at radius 3 is 2.18 bits per heavy atom. The van der Waals surface area contributed by atoms with E-state index in [4.69, 9.17) is 0 Å². The summed E-state index contributed by atoms with van der Waals surface area (Å²) in [4.78, 5) is 52.7. The molecule has 0 aromatic heterocycles. The Balaban J connectivity index is 1.34. The molecule has 2 heterocycles. The van der Waals surface area contributed by atoms with Crippen LogP contribution in [0.15, 0.2) is 48.5 Å². The molecule has 172 valence electrons. The molecule has 1 N–H and O–H groups in total. The molecule has 1 atom stereocenters. The van der Waals surface area contributed by atoms with Gasteiger partial charge in [-0.1, -0.05) is 0 Å². The lowest BCUT2D eigenvalue weighted by Gasteiger charge is -2.35. The Bertz CT molecular complexity index is 1060. The van der Waals surface area contributed by atoms with Gasteiger partial charge in [0.1, 0.15) is 5.82 Å². The zero-order chi connectivity index (χ0) is 23.5. The maximum atomic E-state index is 13.0. The van der Waals surface area contributed by atoms with Gasteiger partial charge >= 0.3 is 5.97 Å². The van der Waals surface area contributed by atoms with Gasteiger partial charge in [-0.15, -0.1) is 0 Å². The fourth-order valence-corrected chi connectivity index (χ4v) is 4.26. The van der Waals surface area contributed by atoms with E-state index in [1.54, 1.807) is 12.1 Å². The number of rotatable bonds is 5. The summed E-state index contributed by atoms with van der Waals surface area (Å²) < 4.78 is 17.7. The number of hydrogen-bond donors (Lipinski definition) is 1. The van der Waals surface area contributed by atoms with Gasteiger partial charge in [0.15, 0.2) is 0 Å². The fraction of sp³-hybridized carbons (Fsp3) is 0.333.